The Morgan fingerprint density at radius 1 is 0.939 bits per heavy atom. The average molecular weight is 446 g/mol. The summed E-state index contributed by atoms with van der Waals surface area (Å²) in [5.74, 6) is -0.147. The molecule has 8 heteroatoms. The monoisotopic (exact) mass is 446 g/mol. The van der Waals surface area contributed by atoms with Crippen molar-refractivity contribution in [1.29, 1.82) is 0 Å². The Kier molecular flexibility index (Phi) is 5.20. The number of carbonyl (C=O) groups is 3. The number of ether oxygens (including phenoxy) is 3. The molecule has 1 aliphatic heterocycles. The molecule has 1 saturated heterocycles. The van der Waals surface area contributed by atoms with E-state index in [9.17, 15) is 14.4 Å². The van der Waals surface area contributed by atoms with Gasteiger partial charge in [0.05, 0.1) is 37.8 Å². The van der Waals surface area contributed by atoms with Gasteiger partial charge in [-0.2, -0.15) is 10.1 Å². The van der Waals surface area contributed by atoms with Gasteiger partial charge in [0.2, 0.25) is 0 Å². The first kappa shape index (κ1) is 20.9. The molecule has 2 aromatic rings. The fourth-order valence-electron chi connectivity index (χ4n) is 4.86. The van der Waals surface area contributed by atoms with Crippen molar-refractivity contribution in [2.24, 2.45) is 28.8 Å². The summed E-state index contributed by atoms with van der Waals surface area (Å²) in [5, 5.41) is 5.16. The summed E-state index contributed by atoms with van der Waals surface area (Å²) in [6, 6.07) is 11.4. The fraction of sp³-hybridized carbons (Fsp3) is 0.280. The number of hydrogen-bond donors (Lipinski definition) is 0. The van der Waals surface area contributed by atoms with Crippen molar-refractivity contribution in [3.05, 3.63) is 65.7 Å². The molecule has 0 unspecified atom stereocenters. The lowest BCUT2D eigenvalue weighted by atomic mass is 9.85. The summed E-state index contributed by atoms with van der Waals surface area (Å²) < 4.78 is 15.9. The zero-order valence-electron chi connectivity index (χ0n) is 18.1. The number of carbonyl (C=O) groups excluding carboxylic acids is 3. The molecule has 2 aliphatic carbocycles. The van der Waals surface area contributed by atoms with Crippen molar-refractivity contribution in [3.8, 4) is 17.2 Å². The number of imide groups is 1. The smallest absolute Gasteiger partial charge is 0.343 e. The second-order valence-corrected chi connectivity index (χ2v) is 8.26. The van der Waals surface area contributed by atoms with Gasteiger partial charge in [-0.3, -0.25) is 9.59 Å². The maximum absolute atomic E-state index is 12.7. The third-order valence-corrected chi connectivity index (χ3v) is 6.49. The van der Waals surface area contributed by atoms with Crippen LogP contribution in [0.15, 0.2) is 59.7 Å². The zero-order chi connectivity index (χ0) is 23.1. The molecular formula is C25H22N2O6. The predicted octanol–water partition coefficient (Wildman–Crippen LogP) is 3.06. The highest BCUT2D eigenvalue weighted by Gasteiger charge is 2.59. The van der Waals surface area contributed by atoms with E-state index >= 15 is 0 Å². The number of hydrazone groups is 1. The third-order valence-electron chi connectivity index (χ3n) is 6.49. The SMILES string of the molecule is COc1ccc(C(=O)Oc2ccc(C=NN3C(=O)[C@@H]4[C@H](C3=O)[C@H]3C=C[C@H]4C3)cc2OC)cc1. The van der Waals surface area contributed by atoms with Crippen molar-refractivity contribution >= 4 is 24.0 Å². The molecule has 2 amide bonds. The molecule has 2 aromatic carbocycles. The molecule has 5 rings (SSSR count). The van der Waals surface area contributed by atoms with Crippen LogP contribution in [0.2, 0.25) is 0 Å². The minimum Gasteiger partial charge on any atom is -0.497 e. The number of amides is 2. The quantitative estimate of drug-likeness (QED) is 0.223. The van der Waals surface area contributed by atoms with Gasteiger partial charge in [0.15, 0.2) is 11.5 Å². The van der Waals surface area contributed by atoms with Crippen molar-refractivity contribution in [3.63, 3.8) is 0 Å². The summed E-state index contributed by atoms with van der Waals surface area (Å²) in [4.78, 5) is 38.0. The lowest BCUT2D eigenvalue weighted by molar-refractivity contribution is -0.140. The summed E-state index contributed by atoms with van der Waals surface area (Å²) in [6.45, 7) is 0. The predicted molar refractivity (Wildman–Crippen MR) is 118 cm³/mol. The van der Waals surface area contributed by atoms with Gasteiger partial charge in [0.25, 0.3) is 11.8 Å². The van der Waals surface area contributed by atoms with E-state index in [0.717, 1.165) is 11.4 Å². The Morgan fingerprint density at radius 3 is 2.21 bits per heavy atom. The Hall–Kier alpha value is -3.94. The van der Waals surface area contributed by atoms with E-state index in [1.165, 1.54) is 13.3 Å². The third kappa shape index (κ3) is 3.57. The Bertz CT molecular complexity index is 1160. The maximum Gasteiger partial charge on any atom is 0.343 e. The van der Waals surface area contributed by atoms with Crippen LogP contribution in [0.4, 0.5) is 0 Å². The van der Waals surface area contributed by atoms with E-state index in [2.05, 4.69) is 5.10 Å². The number of methoxy groups -OCH3 is 2. The van der Waals surface area contributed by atoms with Gasteiger partial charge in [-0.1, -0.05) is 12.2 Å². The van der Waals surface area contributed by atoms with Gasteiger partial charge in [0.1, 0.15) is 5.75 Å². The molecule has 1 saturated carbocycles. The first-order valence-corrected chi connectivity index (χ1v) is 10.6. The lowest BCUT2D eigenvalue weighted by Gasteiger charge is -2.13. The molecule has 0 aromatic heterocycles. The van der Waals surface area contributed by atoms with E-state index < -0.39 is 5.97 Å². The van der Waals surface area contributed by atoms with Gasteiger partial charge in [0, 0.05) is 0 Å². The first-order valence-electron chi connectivity index (χ1n) is 10.6. The molecule has 168 valence electrons. The molecule has 8 nitrogen and oxygen atoms in total. The number of benzene rings is 2. The van der Waals surface area contributed by atoms with Crippen molar-refractivity contribution in [2.75, 3.05) is 14.2 Å². The lowest BCUT2D eigenvalue weighted by Crippen LogP contribution is -2.28. The molecule has 4 atom stereocenters. The summed E-state index contributed by atoms with van der Waals surface area (Å²) in [5.41, 5.74) is 0.957. The minimum absolute atomic E-state index is 0.136. The second kappa shape index (κ2) is 8.20. The molecule has 33 heavy (non-hydrogen) atoms. The van der Waals surface area contributed by atoms with Crippen LogP contribution in [0.1, 0.15) is 22.3 Å². The molecule has 0 N–H and O–H groups in total. The molecule has 1 heterocycles. The van der Waals surface area contributed by atoms with E-state index in [0.29, 0.717) is 22.6 Å². The summed E-state index contributed by atoms with van der Waals surface area (Å²) in [6.07, 6.45) is 6.39. The van der Waals surface area contributed by atoms with Crippen LogP contribution in [0, 0.1) is 23.7 Å². The Labute approximate surface area is 190 Å². The molecule has 2 bridgehead atoms. The highest BCUT2D eigenvalue weighted by molar-refractivity contribution is 6.06. The highest BCUT2D eigenvalue weighted by Crippen LogP contribution is 2.52. The Morgan fingerprint density at radius 2 is 1.61 bits per heavy atom. The topological polar surface area (TPSA) is 94.5 Å². The normalized spacial score (nSPS) is 25.1. The largest absolute Gasteiger partial charge is 0.497 e. The van der Waals surface area contributed by atoms with Crippen LogP contribution in [-0.2, 0) is 9.59 Å². The molecule has 2 fully saturated rings. The van der Waals surface area contributed by atoms with Crippen molar-refractivity contribution in [2.45, 2.75) is 6.42 Å². The van der Waals surface area contributed by atoms with Crippen LogP contribution in [0.3, 0.4) is 0 Å². The zero-order valence-corrected chi connectivity index (χ0v) is 18.1. The van der Waals surface area contributed by atoms with E-state index in [1.54, 1.807) is 49.6 Å². The summed E-state index contributed by atoms with van der Waals surface area (Å²) >= 11 is 0. The average Bonchev–Trinajstić information content (AvgIpc) is 3.52. The Balaban J connectivity index is 1.30. The van der Waals surface area contributed by atoms with Gasteiger partial charge < -0.3 is 14.2 Å². The molecule has 0 spiro atoms. The van der Waals surface area contributed by atoms with Gasteiger partial charge >= 0.3 is 5.97 Å². The van der Waals surface area contributed by atoms with Crippen LogP contribution in [-0.4, -0.2) is 43.2 Å². The molecule has 3 aliphatic rings. The number of rotatable bonds is 6. The van der Waals surface area contributed by atoms with Crippen LogP contribution in [0.5, 0.6) is 17.2 Å². The minimum atomic E-state index is -0.541. The number of fused-ring (bicyclic) bond motifs is 5. The van der Waals surface area contributed by atoms with Crippen molar-refractivity contribution in [1.82, 2.24) is 5.01 Å². The molecular weight excluding hydrogens is 424 g/mol. The van der Waals surface area contributed by atoms with Crippen molar-refractivity contribution < 1.29 is 28.6 Å². The van der Waals surface area contributed by atoms with Gasteiger partial charge in [-0.15, -0.1) is 0 Å². The highest BCUT2D eigenvalue weighted by atomic mass is 16.6. The van der Waals surface area contributed by atoms with E-state index in [4.69, 9.17) is 14.2 Å². The van der Waals surface area contributed by atoms with Gasteiger partial charge in [-0.25, -0.2) is 4.79 Å². The van der Waals surface area contributed by atoms with E-state index in [1.807, 2.05) is 12.2 Å². The number of esters is 1. The number of allylic oxidation sites excluding steroid dienone is 2. The maximum atomic E-state index is 12.7. The number of hydrogen-bond acceptors (Lipinski definition) is 7. The van der Waals surface area contributed by atoms with Crippen LogP contribution < -0.4 is 14.2 Å². The van der Waals surface area contributed by atoms with Gasteiger partial charge in [-0.05, 0) is 66.3 Å². The molecule has 0 radical (unpaired) electrons. The first-order chi connectivity index (χ1) is 16.0. The van der Waals surface area contributed by atoms with Crippen LogP contribution in [0.25, 0.3) is 0 Å². The van der Waals surface area contributed by atoms with Crippen LogP contribution >= 0.6 is 0 Å². The fourth-order valence-corrected chi connectivity index (χ4v) is 4.86. The standard InChI is InChI=1S/C25H22N2O6/c1-31-18-8-6-15(7-9-18)25(30)33-19-10-3-14(11-20(19)32-2)13-26-27-23(28)21-16-4-5-17(12-16)22(21)24(27)29/h3-11,13,16-17,21-22H,12H2,1-2H3/t16-,17-,21-,22+/m0/s1. The number of nitrogens with zero attached hydrogens (tertiary/aromatic N) is 2. The summed E-state index contributed by atoms with van der Waals surface area (Å²) in [7, 11) is 3.00. The van der Waals surface area contributed by atoms with E-state index in [-0.39, 0.29) is 41.2 Å². The second-order valence-electron chi connectivity index (χ2n) is 8.26.